The molecule has 0 unspecified atom stereocenters. The lowest BCUT2D eigenvalue weighted by Crippen LogP contribution is -2.13. The first-order valence-electron chi connectivity index (χ1n) is 10.7. The van der Waals surface area contributed by atoms with Crippen LogP contribution in [0.25, 0.3) is 16.9 Å². The van der Waals surface area contributed by atoms with E-state index in [0.29, 0.717) is 29.3 Å². The van der Waals surface area contributed by atoms with Gasteiger partial charge in [-0.15, -0.1) is 0 Å². The van der Waals surface area contributed by atoms with E-state index in [4.69, 9.17) is 0 Å². The van der Waals surface area contributed by atoms with Gasteiger partial charge in [-0.1, -0.05) is 29.8 Å². The Hall–Kier alpha value is -4.59. The lowest BCUT2D eigenvalue weighted by Gasteiger charge is -2.04. The molecule has 0 radical (unpaired) electrons. The monoisotopic (exact) mass is 452 g/mol. The van der Waals surface area contributed by atoms with Gasteiger partial charge in [0.2, 0.25) is 0 Å². The maximum Gasteiger partial charge on any atom is 0.260 e. The largest absolute Gasteiger partial charge is 0.305 e. The van der Waals surface area contributed by atoms with E-state index in [1.165, 1.54) is 12.1 Å². The van der Waals surface area contributed by atoms with Crippen LogP contribution in [0.1, 0.15) is 21.5 Å². The molecule has 3 heterocycles. The van der Waals surface area contributed by atoms with Crippen LogP contribution in [-0.2, 0) is 6.54 Å². The molecule has 2 aromatic carbocycles. The molecular weight excluding hydrogens is 431 g/mol. The summed E-state index contributed by atoms with van der Waals surface area (Å²) in [5, 5.41) is 12.0. The van der Waals surface area contributed by atoms with Crippen LogP contribution in [0.2, 0.25) is 0 Å². The van der Waals surface area contributed by atoms with Crippen LogP contribution in [0, 0.1) is 12.7 Å². The van der Waals surface area contributed by atoms with Crippen LogP contribution in [0.15, 0.2) is 91.5 Å². The summed E-state index contributed by atoms with van der Waals surface area (Å²) in [5.41, 5.74) is 4.52. The molecule has 1 N–H and O–H groups in total. The molecule has 0 aliphatic heterocycles. The second kappa shape index (κ2) is 9.11. The van der Waals surface area contributed by atoms with Crippen LogP contribution < -0.4 is 5.32 Å². The fraction of sp³-hybridized carbons (Fsp3) is 0.0769. The van der Waals surface area contributed by atoms with E-state index >= 15 is 0 Å². The molecule has 5 aromatic rings. The van der Waals surface area contributed by atoms with Crippen molar-refractivity contribution >= 4 is 11.7 Å². The molecule has 8 heteroatoms. The average molecular weight is 452 g/mol. The molecule has 34 heavy (non-hydrogen) atoms. The SMILES string of the molecule is Cc1ccc(-c2nn(-c3ccc(F)cc3)cc2C(=O)Nc2ccn(Cc3ccncc3)n2)cc1. The van der Waals surface area contributed by atoms with E-state index in [-0.39, 0.29) is 11.7 Å². The fourth-order valence-electron chi connectivity index (χ4n) is 3.57. The van der Waals surface area contributed by atoms with Gasteiger partial charge < -0.3 is 5.32 Å². The minimum atomic E-state index is -0.338. The Kier molecular flexibility index (Phi) is 5.70. The van der Waals surface area contributed by atoms with E-state index in [0.717, 1.165) is 16.7 Å². The fourth-order valence-corrected chi connectivity index (χ4v) is 3.57. The molecule has 0 saturated heterocycles. The molecule has 0 atom stereocenters. The summed E-state index contributed by atoms with van der Waals surface area (Å²) in [6, 6.07) is 19.3. The van der Waals surface area contributed by atoms with Gasteiger partial charge in [-0.05, 0) is 48.9 Å². The third-order valence-electron chi connectivity index (χ3n) is 5.35. The molecule has 1 amide bonds. The number of hydrogen-bond donors (Lipinski definition) is 1. The van der Waals surface area contributed by atoms with Gasteiger partial charge in [0.25, 0.3) is 5.91 Å². The van der Waals surface area contributed by atoms with Crippen molar-refractivity contribution in [2.45, 2.75) is 13.5 Å². The number of rotatable bonds is 6. The van der Waals surface area contributed by atoms with Crippen LogP contribution >= 0.6 is 0 Å². The van der Waals surface area contributed by atoms with Gasteiger partial charge in [0, 0.05) is 36.4 Å². The quantitative estimate of drug-likeness (QED) is 0.398. The van der Waals surface area contributed by atoms with Gasteiger partial charge in [0.1, 0.15) is 11.5 Å². The standard InChI is InChI=1S/C26H21FN6O/c1-18-2-4-20(5-3-18)25-23(17-33(31-25)22-8-6-21(27)7-9-22)26(34)29-24-12-15-32(30-24)16-19-10-13-28-14-11-19/h2-15,17H,16H2,1H3,(H,29,30,34). The highest BCUT2D eigenvalue weighted by Gasteiger charge is 2.20. The first kappa shape index (κ1) is 21.3. The van der Waals surface area contributed by atoms with Crippen LogP contribution in [-0.4, -0.2) is 30.5 Å². The highest BCUT2D eigenvalue weighted by molar-refractivity contribution is 6.07. The molecule has 5 rings (SSSR count). The van der Waals surface area contributed by atoms with Gasteiger partial charge >= 0.3 is 0 Å². The van der Waals surface area contributed by atoms with Crippen molar-refractivity contribution in [1.82, 2.24) is 24.5 Å². The molecule has 0 fully saturated rings. The Morgan fingerprint density at radius 2 is 1.68 bits per heavy atom. The van der Waals surface area contributed by atoms with Crippen molar-refractivity contribution in [1.29, 1.82) is 0 Å². The molecule has 3 aromatic heterocycles. The summed E-state index contributed by atoms with van der Waals surface area (Å²) < 4.78 is 16.7. The molecule has 0 bridgehead atoms. The van der Waals surface area contributed by atoms with Crippen LogP contribution in [0.3, 0.4) is 0 Å². The number of halogens is 1. The highest BCUT2D eigenvalue weighted by atomic mass is 19.1. The van der Waals surface area contributed by atoms with Crippen LogP contribution in [0.5, 0.6) is 0 Å². The zero-order valence-corrected chi connectivity index (χ0v) is 18.4. The molecule has 0 aliphatic rings. The summed E-state index contributed by atoms with van der Waals surface area (Å²) in [6.07, 6.45) is 6.91. The minimum Gasteiger partial charge on any atom is -0.305 e. The van der Waals surface area contributed by atoms with Gasteiger partial charge in [-0.2, -0.15) is 10.2 Å². The second-order valence-electron chi connectivity index (χ2n) is 7.89. The number of carbonyl (C=O) groups excluding carboxylic acids is 1. The maximum absolute atomic E-state index is 13.4. The Morgan fingerprint density at radius 1 is 0.941 bits per heavy atom. The summed E-state index contributed by atoms with van der Waals surface area (Å²) >= 11 is 0. The number of nitrogens with one attached hydrogen (secondary N) is 1. The van der Waals surface area contributed by atoms with E-state index in [9.17, 15) is 9.18 Å². The smallest absolute Gasteiger partial charge is 0.260 e. The third kappa shape index (κ3) is 4.61. The van der Waals surface area contributed by atoms with E-state index in [1.54, 1.807) is 52.4 Å². The number of anilines is 1. The Bertz CT molecular complexity index is 1420. The highest BCUT2D eigenvalue weighted by Crippen LogP contribution is 2.25. The Balaban J connectivity index is 1.44. The topological polar surface area (TPSA) is 77.6 Å². The van der Waals surface area contributed by atoms with Crippen LogP contribution in [0.4, 0.5) is 10.2 Å². The molecule has 0 spiro atoms. The van der Waals surface area contributed by atoms with Gasteiger partial charge in [0.15, 0.2) is 5.82 Å². The summed E-state index contributed by atoms with van der Waals surface area (Å²) in [4.78, 5) is 17.3. The molecule has 0 aliphatic carbocycles. The number of pyridine rings is 1. The lowest BCUT2D eigenvalue weighted by molar-refractivity contribution is 0.102. The molecule has 7 nitrogen and oxygen atoms in total. The Morgan fingerprint density at radius 3 is 2.41 bits per heavy atom. The van der Waals surface area contributed by atoms with Gasteiger partial charge in [-0.25, -0.2) is 9.07 Å². The maximum atomic E-state index is 13.4. The molecule has 168 valence electrons. The van der Waals surface area contributed by atoms with Gasteiger partial charge in [-0.3, -0.25) is 14.5 Å². The second-order valence-corrected chi connectivity index (χ2v) is 7.89. The van der Waals surface area contributed by atoms with Crippen molar-refractivity contribution < 1.29 is 9.18 Å². The van der Waals surface area contributed by atoms with E-state index in [1.807, 2.05) is 43.3 Å². The minimum absolute atomic E-state index is 0.335. The van der Waals surface area contributed by atoms with Crippen molar-refractivity contribution in [3.05, 3.63) is 114 Å². The summed E-state index contributed by atoms with van der Waals surface area (Å²) in [7, 11) is 0. The molecule has 0 saturated carbocycles. The van der Waals surface area contributed by atoms with E-state index in [2.05, 4.69) is 20.5 Å². The number of nitrogens with zero attached hydrogens (tertiary/aromatic N) is 5. The summed E-state index contributed by atoms with van der Waals surface area (Å²) in [5.74, 6) is -0.239. The first-order valence-corrected chi connectivity index (χ1v) is 10.7. The normalized spacial score (nSPS) is 10.9. The number of carbonyl (C=O) groups is 1. The predicted molar refractivity (Wildman–Crippen MR) is 127 cm³/mol. The zero-order valence-electron chi connectivity index (χ0n) is 18.4. The first-order chi connectivity index (χ1) is 16.5. The van der Waals surface area contributed by atoms with Crippen molar-refractivity contribution in [2.75, 3.05) is 5.32 Å². The van der Waals surface area contributed by atoms with Crippen molar-refractivity contribution in [3.63, 3.8) is 0 Å². The number of aromatic nitrogens is 5. The predicted octanol–water partition coefficient (Wildman–Crippen LogP) is 4.88. The van der Waals surface area contributed by atoms with Crippen molar-refractivity contribution in [3.8, 4) is 16.9 Å². The van der Waals surface area contributed by atoms with Gasteiger partial charge in [0.05, 0.1) is 17.8 Å². The summed E-state index contributed by atoms with van der Waals surface area (Å²) in [6.45, 7) is 2.56. The van der Waals surface area contributed by atoms with E-state index < -0.39 is 0 Å². The third-order valence-corrected chi connectivity index (χ3v) is 5.35. The number of hydrogen-bond acceptors (Lipinski definition) is 4. The number of benzene rings is 2. The Labute approximate surface area is 195 Å². The lowest BCUT2D eigenvalue weighted by atomic mass is 10.1. The zero-order chi connectivity index (χ0) is 23.5. The number of amides is 1. The number of aryl methyl sites for hydroxylation is 1. The molecular formula is C26H21FN6O. The van der Waals surface area contributed by atoms with Crippen molar-refractivity contribution in [2.24, 2.45) is 0 Å². The average Bonchev–Trinajstić information content (AvgIpc) is 3.48.